The first-order valence-corrected chi connectivity index (χ1v) is 14.2. The van der Waals surface area contributed by atoms with Gasteiger partial charge in [0.2, 0.25) is 11.8 Å². The molecule has 4 bridgehead atoms. The molecule has 0 saturated heterocycles. The number of carbonyl (C=O) groups excluding carboxylic acids is 1. The second kappa shape index (κ2) is 10.0. The molecule has 32 heavy (non-hydrogen) atoms. The zero-order valence-electron chi connectivity index (χ0n) is 19.5. The van der Waals surface area contributed by atoms with Crippen molar-refractivity contribution in [2.45, 2.75) is 71.9 Å². The number of nitrogens with one attached hydrogen (secondary N) is 1. The summed E-state index contributed by atoms with van der Waals surface area (Å²) in [5.74, 6) is 2.23. The predicted octanol–water partition coefficient (Wildman–Crippen LogP) is 3.45. The number of rotatable bonds is 5. The number of ether oxygens (including phenoxy) is 2. The van der Waals surface area contributed by atoms with Gasteiger partial charge in [0.25, 0.3) is 0 Å². The van der Waals surface area contributed by atoms with Crippen molar-refractivity contribution in [1.29, 1.82) is 0 Å². The van der Waals surface area contributed by atoms with E-state index in [-0.39, 0.29) is 20.8 Å². The Morgan fingerprint density at radius 2 is 2.12 bits per heavy atom. The van der Waals surface area contributed by atoms with Gasteiger partial charge < -0.3 is 19.7 Å². The lowest BCUT2D eigenvalue weighted by Crippen LogP contribution is -2.38. The maximum absolute atomic E-state index is 13.4. The van der Waals surface area contributed by atoms with Gasteiger partial charge in [0.15, 0.2) is 5.82 Å². The quantitative estimate of drug-likeness (QED) is 0.547. The molecular weight excluding hydrogens is 422 g/mol. The zero-order chi connectivity index (χ0) is 22.6. The van der Waals surface area contributed by atoms with E-state index in [1.807, 2.05) is 27.8 Å². The maximum Gasteiger partial charge on any atom is 0.228 e. The van der Waals surface area contributed by atoms with Gasteiger partial charge in [-0.05, 0) is 25.0 Å². The van der Waals surface area contributed by atoms with Crippen molar-refractivity contribution < 1.29 is 14.3 Å². The molecule has 1 amide bonds. The average Bonchev–Trinajstić information content (AvgIpc) is 3.34. The molecule has 8 nitrogen and oxygen atoms in total. The fourth-order valence-electron chi connectivity index (χ4n) is 4.30. The van der Waals surface area contributed by atoms with Crippen molar-refractivity contribution in [2.75, 3.05) is 18.5 Å². The van der Waals surface area contributed by atoms with Gasteiger partial charge in [-0.3, -0.25) is 4.79 Å². The van der Waals surface area contributed by atoms with Crippen LogP contribution in [0.2, 0.25) is 12.6 Å². The van der Waals surface area contributed by atoms with Crippen molar-refractivity contribution in [3.63, 3.8) is 0 Å². The fraction of sp³-hybridized carbons (Fsp3) is 0.609. The van der Waals surface area contributed by atoms with Crippen molar-refractivity contribution >= 4 is 27.1 Å². The second-order valence-electron chi connectivity index (χ2n) is 9.35. The Kier molecular flexibility index (Phi) is 7.15. The van der Waals surface area contributed by atoms with E-state index in [0.29, 0.717) is 38.1 Å². The normalized spacial score (nSPS) is 18.7. The molecular formula is C23H35N5O3Si. The van der Waals surface area contributed by atoms with Gasteiger partial charge in [0, 0.05) is 33.2 Å². The number of anilines is 2. The van der Waals surface area contributed by atoms with Crippen LogP contribution in [0.4, 0.5) is 11.6 Å². The Hall–Kier alpha value is -2.39. The summed E-state index contributed by atoms with van der Waals surface area (Å²) in [6, 6.07) is 6.88. The number of hydrogen-bond acceptors (Lipinski definition) is 6. The molecule has 2 aliphatic heterocycles. The largest absolute Gasteiger partial charge is 0.478 e. The van der Waals surface area contributed by atoms with E-state index >= 15 is 0 Å². The van der Waals surface area contributed by atoms with Gasteiger partial charge in [-0.25, -0.2) is 4.68 Å². The lowest BCUT2D eigenvalue weighted by atomic mass is 9.85. The molecule has 4 rings (SSSR count). The molecule has 0 saturated carbocycles. The Balaban J connectivity index is 1.63. The van der Waals surface area contributed by atoms with Gasteiger partial charge in [-0.1, -0.05) is 39.3 Å². The van der Waals surface area contributed by atoms with Crippen LogP contribution < -0.4 is 10.1 Å². The molecule has 0 atom stereocenters. The van der Waals surface area contributed by atoms with Crippen LogP contribution in [0, 0.1) is 5.41 Å². The van der Waals surface area contributed by atoms with E-state index in [0.717, 1.165) is 55.4 Å². The molecule has 9 heteroatoms. The summed E-state index contributed by atoms with van der Waals surface area (Å²) in [7, 11) is -0.0147. The average molecular weight is 458 g/mol. The van der Waals surface area contributed by atoms with Crippen molar-refractivity contribution in [1.82, 2.24) is 19.7 Å². The third-order valence-electron chi connectivity index (χ3n) is 6.24. The molecule has 2 aromatic rings. The van der Waals surface area contributed by atoms with E-state index < -0.39 is 0 Å². The first kappa shape index (κ1) is 22.8. The molecule has 1 N–H and O–H groups in total. The number of nitrogens with zero attached hydrogens (tertiary/aromatic N) is 4. The molecule has 0 spiro atoms. The fourth-order valence-corrected chi connectivity index (χ4v) is 4.79. The van der Waals surface area contributed by atoms with Gasteiger partial charge in [-0.2, -0.15) is 10.1 Å². The predicted molar refractivity (Wildman–Crippen MR) is 127 cm³/mol. The van der Waals surface area contributed by atoms with E-state index in [2.05, 4.69) is 30.7 Å². The van der Waals surface area contributed by atoms with Crippen LogP contribution in [0.5, 0.6) is 5.88 Å². The number of fused-ring (bicyclic) bond motifs is 3. The highest BCUT2D eigenvalue weighted by Crippen LogP contribution is 2.35. The molecule has 0 aliphatic carbocycles. The summed E-state index contributed by atoms with van der Waals surface area (Å²) in [6.45, 7) is 9.32. The van der Waals surface area contributed by atoms with Crippen molar-refractivity contribution in [3.8, 4) is 5.88 Å². The molecule has 0 radical (unpaired) electrons. The number of hydrogen-bond donors (Lipinski definition) is 1. The molecule has 2 aromatic heterocycles. The summed E-state index contributed by atoms with van der Waals surface area (Å²) >= 11 is 0. The van der Waals surface area contributed by atoms with Crippen molar-refractivity contribution in [3.05, 3.63) is 29.5 Å². The molecule has 2 aliphatic rings. The van der Waals surface area contributed by atoms with E-state index in [1.54, 1.807) is 0 Å². The van der Waals surface area contributed by atoms with Crippen LogP contribution in [0.25, 0.3) is 0 Å². The van der Waals surface area contributed by atoms with Crippen LogP contribution in [0.3, 0.4) is 0 Å². The molecule has 4 heterocycles. The first-order chi connectivity index (χ1) is 15.5. The minimum Gasteiger partial charge on any atom is -0.478 e. The zero-order valence-corrected chi connectivity index (χ0v) is 20.9. The molecule has 0 aromatic carbocycles. The number of pyridine rings is 1. The monoisotopic (exact) mass is 457 g/mol. The lowest BCUT2D eigenvalue weighted by molar-refractivity contribution is -0.141. The Bertz CT molecular complexity index is 946. The highest BCUT2D eigenvalue weighted by atomic mass is 28.2. The smallest absolute Gasteiger partial charge is 0.228 e. The van der Waals surface area contributed by atoms with E-state index in [1.165, 1.54) is 0 Å². The minimum atomic E-state index is -0.388. The van der Waals surface area contributed by atoms with Crippen LogP contribution in [-0.4, -0.2) is 48.3 Å². The second-order valence-corrected chi connectivity index (χ2v) is 11.1. The maximum atomic E-state index is 13.4. The number of amides is 1. The Labute approximate surface area is 192 Å². The summed E-state index contributed by atoms with van der Waals surface area (Å²) in [6.07, 6.45) is 3.86. The highest BCUT2D eigenvalue weighted by Gasteiger charge is 2.37. The van der Waals surface area contributed by atoms with E-state index in [9.17, 15) is 4.79 Å². The summed E-state index contributed by atoms with van der Waals surface area (Å²) in [5, 5.41) is 8.14. The molecule has 174 valence electrons. The lowest BCUT2D eigenvalue weighted by Gasteiger charge is -2.29. The van der Waals surface area contributed by atoms with Crippen LogP contribution in [-0.2, 0) is 29.4 Å². The van der Waals surface area contributed by atoms with Gasteiger partial charge >= 0.3 is 0 Å². The Morgan fingerprint density at radius 1 is 1.25 bits per heavy atom. The standard InChI is InChI=1S/C23H35N5O3Si/c1-23(2)10-5-4-6-11-31-20-9-7-8-19(24-20)25-21-17-14-27(22(23)29)15-18(17)28(26-21)16-30-12-13-32-3/h7-9H,4-6,10-16,32H2,1-3H3,(H,24,25,26). The minimum absolute atomic E-state index is 0.0147. The third-order valence-corrected chi connectivity index (χ3v) is 7.24. The SMILES string of the molecule is C[SiH2]CCOCn1nc2c3c1CN(C3)C(=O)C(C)(C)CCCCCOc1cccc(n1)N2. The molecule has 0 fully saturated rings. The summed E-state index contributed by atoms with van der Waals surface area (Å²) in [5.41, 5.74) is 1.70. The van der Waals surface area contributed by atoms with Crippen LogP contribution >= 0.6 is 0 Å². The molecule has 0 unspecified atom stereocenters. The summed E-state index contributed by atoms with van der Waals surface area (Å²) < 4.78 is 13.6. The number of carbonyl (C=O) groups is 1. The highest BCUT2D eigenvalue weighted by molar-refractivity contribution is 6.33. The van der Waals surface area contributed by atoms with E-state index in [4.69, 9.17) is 14.6 Å². The van der Waals surface area contributed by atoms with Gasteiger partial charge in [0.1, 0.15) is 12.5 Å². The van der Waals surface area contributed by atoms with Gasteiger partial charge in [0.05, 0.1) is 25.4 Å². The summed E-state index contributed by atoms with van der Waals surface area (Å²) in [4.78, 5) is 20.0. The van der Waals surface area contributed by atoms with Crippen molar-refractivity contribution in [2.24, 2.45) is 5.41 Å². The Morgan fingerprint density at radius 3 is 2.97 bits per heavy atom. The van der Waals surface area contributed by atoms with Crippen LogP contribution in [0.1, 0.15) is 50.8 Å². The van der Waals surface area contributed by atoms with Gasteiger partial charge in [-0.15, -0.1) is 0 Å². The number of aromatic nitrogens is 3. The topological polar surface area (TPSA) is 81.5 Å². The third kappa shape index (κ3) is 5.15. The van der Waals surface area contributed by atoms with Crippen LogP contribution in [0.15, 0.2) is 18.2 Å². The first-order valence-electron chi connectivity index (χ1n) is 11.8.